The maximum Gasteiger partial charge on any atom is 0.260 e. The zero-order valence-electron chi connectivity index (χ0n) is 12.5. The van der Waals surface area contributed by atoms with E-state index in [1.54, 1.807) is 17.0 Å². The van der Waals surface area contributed by atoms with E-state index in [9.17, 15) is 9.18 Å². The van der Waals surface area contributed by atoms with Crippen molar-refractivity contribution in [1.82, 2.24) is 4.90 Å². The SMILES string of the molecule is CC(N)Cc1ccc(OCC(=O)N2CCCCC2)c(F)c1. The van der Waals surface area contributed by atoms with Crippen LogP contribution in [0.1, 0.15) is 31.7 Å². The molecule has 1 saturated heterocycles. The molecule has 116 valence electrons. The van der Waals surface area contributed by atoms with Gasteiger partial charge in [0.2, 0.25) is 0 Å². The quantitative estimate of drug-likeness (QED) is 0.905. The van der Waals surface area contributed by atoms with Crippen LogP contribution in [-0.2, 0) is 11.2 Å². The van der Waals surface area contributed by atoms with Crippen LogP contribution in [0.5, 0.6) is 5.75 Å². The lowest BCUT2D eigenvalue weighted by atomic mass is 10.1. The second-order valence-electron chi connectivity index (χ2n) is 5.68. The molecule has 1 unspecified atom stereocenters. The number of nitrogens with zero attached hydrogens (tertiary/aromatic N) is 1. The summed E-state index contributed by atoms with van der Waals surface area (Å²) in [5, 5.41) is 0. The van der Waals surface area contributed by atoms with Crippen molar-refractivity contribution in [3.63, 3.8) is 0 Å². The second kappa shape index (κ2) is 7.41. The summed E-state index contributed by atoms with van der Waals surface area (Å²) in [6, 6.07) is 4.75. The molecule has 0 aliphatic carbocycles. The Kier molecular flexibility index (Phi) is 5.56. The molecule has 21 heavy (non-hydrogen) atoms. The molecule has 1 amide bonds. The van der Waals surface area contributed by atoms with Gasteiger partial charge in [-0.05, 0) is 50.3 Å². The molecule has 0 saturated carbocycles. The minimum absolute atomic E-state index is 0.0168. The number of carbonyl (C=O) groups is 1. The van der Waals surface area contributed by atoms with Gasteiger partial charge in [0.05, 0.1) is 0 Å². The lowest BCUT2D eigenvalue weighted by molar-refractivity contribution is -0.134. The monoisotopic (exact) mass is 294 g/mol. The van der Waals surface area contributed by atoms with E-state index < -0.39 is 5.82 Å². The van der Waals surface area contributed by atoms with Crippen molar-refractivity contribution in [2.75, 3.05) is 19.7 Å². The maximum atomic E-state index is 13.9. The average molecular weight is 294 g/mol. The zero-order chi connectivity index (χ0) is 15.2. The fraction of sp³-hybridized carbons (Fsp3) is 0.562. The number of carbonyl (C=O) groups excluding carboxylic acids is 1. The highest BCUT2D eigenvalue weighted by Gasteiger charge is 2.17. The molecule has 4 nitrogen and oxygen atoms in total. The first-order valence-corrected chi connectivity index (χ1v) is 7.51. The number of halogens is 1. The summed E-state index contributed by atoms with van der Waals surface area (Å²) >= 11 is 0. The van der Waals surface area contributed by atoms with Crippen LogP contribution in [0.3, 0.4) is 0 Å². The third-order valence-corrected chi connectivity index (χ3v) is 3.61. The molecule has 0 bridgehead atoms. The van der Waals surface area contributed by atoms with E-state index in [1.165, 1.54) is 12.5 Å². The third kappa shape index (κ3) is 4.70. The topological polar surface area (TPSA) is 55.6 Å². The van der Waals surface area contributed by atoms with Crippen molar-refractivity contribution >= 4 is 5.91 Å². The molecule has 0 aromatic heterocycles. The van der Waals surface area contributed by atoms with Gasteiger partial charge in [0, 0.05) is 19.1 Å². The van der Waals surface area contributed by atoms with Gasteiger partial charge >= 0.3 is 0 Å². The predicted molar refractivity (Wildman–Crippen MR) is 79.7 cm³/mol. The Morgan fingerprint density at radius 1 is 1.38 bits per heavy atom. The van der Waals surface area contributed by atoms with Gasteiger partial charge in [-0.2, -0.15) is 0 Å². The molecule has 1 atom stereocenters. The summed E-state index contributed by atoms with van der Waals surface area (Å²) < 4.78 is 19.2. The van der Waals surface area contributed by atoms with Gasteiger partial charge in [-0.25, -0.2) is 4.39 Å². The number of benzene rings is 1. The molecule has 1 aliphatic rings. The molecule has 2 N–H and O–H groups in total. The largest absolute Gasteiger partial charge is 0.481 e. The van der Waals surface area contributed by atoms with Crippen molar-refractivity contribution < 1.29 is 13.9 Å². The Hall–Kier alpha value is -1.62. The van der Waals surface area contributed by atoms with E-state index in [4.69, 9.17) is 10.5 Å². The summed E-state index contributed by atoms with van der Waals surface area (Å²) in [6.07, 6.45) is 3.85. The summed E-state index contributed by atoms with van der Waals surface area (Å²) in [5.74, 6) is -0.401. The van der Waals surface area contributed by atoms with Gasteiger partial charge in [-0.3, -0.25) is 4.79 Å². The fourth-order valence-corrected chi connectivity index (χ4v) is 2.53. The molecule has 1 aromatic carbocycles. The van der Waals surface area contributed by atoms with E-state index in [0.717, 1.165) is 31.5 Å². The van der Waals surface area contributed by atoms with Gasteiger partial charge in [-0.15, -0.1) is 0 Å². The van der Waals surface area contributed by atoms with Crippen LogP contribution >= 0.6 is 0 Å². The minimum atomic E-state index is -0.445. The van der Waals surface area contributed by atoms with E-state index in [2.05, 4.69) is 0 Å². The van der Waals surface area contributed by atoms with E-state index in [1.807, 2.05) is 6.92 Å². The summed E-state index contributed by atoms with van der Waals surface area (Å²) in [7, 11) is 0. The highest BCUT2D eigenvalue weighted by atomic mass is 19.1. The van der Waals surface area contributed by atoms with Crippen molar-refractivity contribution in [3.05, 3.63) is 29.6 Å². The van der Waals surface area contributed by atoms with E-state index in [-0.39, 0.29) is 24.3 Å². The van der Waals surface area contributed by atoms with Crippen LogP contribution < -0.4 is 10.5 Å². The highest BCUT2D eigenvalue weighted by molar-refractivity contribution is 5.77. The van der Waals surface area contributed by atoms with Gasteiger partial charge in [0.1, 0.15) is 0 Å². The predicted octanol–water partition coefficient (Wildman–Crippen LogP) is 2.11. The van der Waals surface area contributed by atoms with Crippen LogP contribution in [-0.4, -0.2) is 36.5 Å². The van der Waals surface area contributed by atoms with Gasteiger partial charge in [-0.1, -0.05) is 6.07 Å². The van der Waals surface area contributed by atoms with Crippen molar-refractivity contribution in [1.29, 1.82) is 0 Å². The zero-order valence-corrected chi connectivity index (χ0v) is 12.5. The number of rotatable bonds is 5. The molecule has 1 aliphatic heterocycles. The lowest BCUT2D eigenvalue weighted by Crippen LogP contribution is -2.38. The second-order valence-corrected chi connectivity index (χ2v) is 5.68. The Bertz CT molecular complexity index is 485. The number of likely N-dealkylation sites (tertiary alicyclic amines) is 1. The van der Waals surface area contributed by atoms with Crippen LogP contribution in [0.25, 0.3) is 0 Å². The standard InChI is InChI=1S/C16H23FN2O2/c1-12(18)9-13-5-6-15(14(17)10-13)21-11-16(20)19-7-3-2-4-8-19/h5-6,10,12H,2-4,7-9,11,18H2,1H3. The van der Waals surface area contributed by atoms with Crippen molar-refractivity contribution in [2.45, 2.75) is 38.6 Å². The Labute approximate surface area is 125 Å². The van der Waals surface area contributed by atoms with Gasteiger partial charge in [0.15, 0.2) is 18.2 Å². The smallest absolute Gasteiger partial charge is 0.260 e. The van der Waals surface area contributed by atoms with E-state index in [0.29, 0.717) is 6.42 Å². The summed E-state index contributed by atoms with van der Waals surface area (Å²) in [4.78, 5) is 13.7. The first kappa shape index (κ1) is 15.8. The minimum Gasteiger partial charge on any atom is -0.481 e. The Morgan fingerprint density at radius 2 is 2.10 bits per heavy atom. The van der Waals surface area contributed by atoms with Crippen molar-refractivity contribution in [2.24, 2.45) is 5.73 Å². The average Bonchev–Trinajstić information content (AvgIpc) is 2.46. The number of nitrogens with two attached hydrogens (primary N) is 1. The Morgan fingerprint density at radius 3 is 2.71 bits per heavy atom. The number of ether oxygens (including phenoxy) is 1. The third-order valence-electron chi connectivity index (χ3n) is 3.61. The lowest BCUT2D eigenvalue weighted by Gasteiger charge is -2.26. The fourth-order valence-electron chi connectivity index (χ4n) is 2.53. The number of piperidine rings is 1. The molecular weight excluding hydrogens is 271 g/mol. The maximum absolute atomic E-state index is 13.9. The molecule has 1 heterocycles. The molecule has 5 heteroatoms. The van der Waals surface area contributed by atoms with Crippen molar-refractivity contribution in [3.8, 4) is 5.75 Å². The normalized spacial score (nSPS) is 16.6. The number of amides is 1. The molecular formula is C16H23FN2O2. The summed E-state index contributed by atoms with van der Waals surface area (Å²) in [6.45, 7) is 3.32. The van der Waals surface area contributed by atoms with E-state index >= 15 is 0 Å². The number of hydrogen-bond acceptors (Lipinski definition) is 3. The van der Waals surface area contributed by atoms with Crippen LogP contribution in [0.2, 0.25) is 0 Å². The van der Waals surface area contributed by atoms with Gasteiger partial charge in [0.25, 0.3) is 5.91 Å². The summed E-state index contributed by atoms with van der Waals surface area (Å²) in [5.41, 5.74) is 6.52. The first-order valence-electron chi connectivity index (χ1n) is 7.51. The first-order chi connectivity index (χ1) is 10.1. The van der Waals surface area contributed by atoms with Gasteiger partial charge < -0.3 is 15.4 Å². The molecule has 0 radical (unpaired) electrons. The number of hydrogen-bond donors (Lipinski definition) is 1. The van der Waals surface area contributed by atoms with Crippen LogP contribution in [0.4, 0.5) is 4.39 Å². The molecule has 2 rings (SSSR count). The van der Waals surface area contributed by atoms with Crippen LogP contribution in [0.15, 0.2) is 18.2 Å². The molecule has 0 spiro atoms. The Balaban J connectivity index is 1.89. The highest BCUT2D eigenvalue weighted by Crippen LogP contribution is 2.19. The van der Waals surface area contributed by atoms with Crippen LogP contribution in [0, 0.1) is 5.82 Å². The molecule has 1 fully saturated rings. The molecule has 1 aromatic rings.